The van der Waals surface area contributed by atoms with E-state index in [2.05, 4.69) is 19.7 Å². The van der Waals surface area contributed by atoms with Crippen LogP contribution >= 0.6 is 13.6 Å². The first-order chi connectivity index (χ1) is 8.74. The van der Waals surface area contributed by atoms with Gasteiger partial charge in [-0.15, -0.1) is 12.1 Å². The van der Waals surface area contributed by atoms with Gasteiger partial charge in [0.15, 0.2) is 0 Å². The fourth-order valence-corrected chi connectivity index (χ4v) is 1.46. The molecule has 0 heterocycles. The molecule has 0 saturated heterocycles. The number of ether oxygens (including phenoxy) is 1. The molecule has 90 valence electrons. The summed E-state index contributed by atoms with van der Waals surface area (Å²) in [6, 6.07) is 15.0. The third kappa shape index (κ3) is 5.28. The molecule has 2 aromatic carbocycles. The van der Waals surface area contributed by atoms with Crippen LogP contribution in [0.2, 0.25) is 0 Å². The van der Waals surface area contributed by atoms with Gasteiger partial charge in [0.2, 0.25) is 0 Å². The number of benzene rings is 2. The van der Waals surface area contributed by atoms with Crippen LogP contribution in [-0.4, -0.2) is 0 Å². The van der Waals surface area contributed by atoms with Crippen LogP contribution in [0, 0.1) is 18.8 Å². The topological polar surface area (TPSA) is 9.23 Å². The van der Waals surface area contributed by atoms with Gasteiger partial charge in [0.25, 0.3) is 0 Å². The molecule has 0 unspecified atom stereocenters. The molecule has 2 aromatic rings. The molecule has 0 atom stereocenters. The van der Waals surface area contributed by atoms with Gasteiger partial charge in [-0.05, 0) is 12.5 Å². The summed E-state index contributed by atoms with van der Waals surface area (Å²) in [5.41, 5.74) is 2.25. The van der Waals surface area contributed by atoms with Gasteiger partial charge < -0.3 is 4.74 Å². The van der Waals surface area contributed by atoms with Gasteiger partial charge in [0, 0.05) is 11.6 Å². The van der Waals surface area contributed by atoms with E-state index in [9.17, 15) is 4.39 Å². The summed E-state index contributed by atoms with van der Waals surface area (Å²) in [6.07, 6.45) is 0. The molecule has 0 fully saturated rings. The number of aryl methyl sites for hydroxylation is 1. The van der Waals surface area contributed by atoms with Gasteiger partial charge in [-0.1, -0.05) is 35.9 Å². The van der Waals surface area contributed by atoms with Crippen LogP contribution in [0.4, 0.5) is 4.39 Å². The predicted molar refractivity (Wildman–Crippen MR) is 69.7 cm³/mol. The second-order valence-electron chi connectivity index (χ2n) is 3.65. The normalized spacial score (nSPS) is 9.39. The molecular formula is C14H12BrFOZn. The second kappa shape index (κ2) is 8.39. The molecule has 0 bridgehead atoms. The fraction of sp³-hybridized carbons (Fsp3) is 0.143. The second-order valence-corrected chi connectivity index (χ2v) is 3.65. The van der Waals surface area contributed by atoms with Crippen molar-refractivity contribution >= 4 is 13.6 Å². The molecule has 0 saturated carbocycles. The molecule has 0 amide bonds. The molecule has 18 heavy (non-hydrogen) atoms. The van der Waals surface area contributed by atoms with Crippen LogP contribution in [0.1, 0.15) is 11.1 Å². The summed E-state index contributed by atoms with van der Waals surface area (Å²) in [5, 5.41) is 0. The monoisotopic (exact) mass is 358 g/mol. The van der Waals surface area contributed by atoms with Crippen LogP contribution < -0.4 is 4.74 Å². The van der Waals surface area contributed by atoms with Crippen molar-refractivity contribution < 1.29 is 25.5 Å². The van der Waals surface area contributed by atoms with Crippen LogP contribution in [-0.2, 0) is 22.9 Å². The van der Waals surface area contributed by atoms with E-state index in [1.165, 1.54) is 40.1 Å². The minimum absolute atomic E-state index is 0.307. The zero-order valence-corrected chi connectivity index (χ0v) is 14.7. The van der Waals surface area contributed by atoms with Crippen LogP contribution in [0.15, 0.2) is 42.5 Å². The molecule has 0 aromatic heterocycles. The first-order valence-corrected chi connectivity index (χ1v) is 12.3. The fourth-order valence-electron chi connectivity index (χ4n) is 1.46. The van der Waals surface area contributed by atoms with E-state index < -0.39 is 0 Å². The van der Waals surface area contributed by atoms with Gasteiger partial charge in [0.1, 0.15) is 6.61 Å². The van der Waals surface area contributed by atoms with Gasteiger partial charge in [-0.25, -0.2) is 4.39 Å². The van der Waals surface area contributed by atoms with E-state index in [1.807, 2.05) is 31.2 Å². The number of hydrogen-bond donors (Lipinski definition) is 0. The maximum absolute atomic E-state index is 12.9. The van der Waals surface area contributed by atoms with Crippen molar-refractivity contribution in [1.29, 1.82) is 0 Å². The molecule has 0 aliphatic heterocycles. The summed E-state index contributed by atoms with van der Waals surface area (Å²) in [4.78, 5) is 0. The Morgan fingerprint density at radius 3 is 2.72 bits per heavy atom. The van der Waals surface area contributed by atoms with Crippen molar-refractivity contribution in [2.75, 3.05) is 0 Å². The maximum atomic E-state index is 12.9. The van der Waals surface area contributed by atoms with Crippen molar-refractivity contribution in [1.82, 2.24) is 0 Å². The number of halogens is 2. The van der Waals surface area contributed by atoms with E-state index in [4.69, 9.17) is 4.74 Å². The first kappa shape index (κ1) is 15.3. The molecule has 0 N–H and O–H groups in total. The Morgan fingerprint density at radius 2 is 2.06 bits per heavy atom. The molecule has 2 rings (SSSR count). The number of rotatable bonds is 3. The molecule has 0 spiro atoms. The van der Waals surface area contributed by atoms with Gasteiger partial charge in [0.05, 0.1) is 0 Å². The van der Waals surface area contributed by atoms with Gasteiger partial charge >= 0.3 is 30.0 Å². The zero-order chi connectivity index (χ0) is 13.4. The predicted octanol–water partition coefficient (Wildman–Crippen LogP) is 4.36. The molecule has 0 aliphatic rings. The van der Waals surface area contributed by atoms with E-state index in [-0.39, 0.29) is 5.82 Å². The Kier molecular flexibility index (Phi) is 7.14. The molecule has 0 aliphatic carbocycles. The Bertz CT molecular complexity index is 445. The first-order valence-electron chi connectivity index (χ1n) is 5.36. The van der Waals surface area contributed by atoms with Crippen LogP contribution in [0.25, 0.3) is 0 Å². The quantitative estimate of drug-likeness (QED) is 0.584. The molecule has 1 nitrogen and oxygen atoms in total. The van der Waals surface area contributed by atoms with Crippen molar-refractivity contribution in [2.24, 2.45) is 0 Å². The van der Waals surface area contributed by atoms with Crippen LogP contribution in [0.3, 0.4) is 0 Å². The summed E-state index contributed by atoms with van der Waals surface area (Å²) >= 11 is 4.25. The van der Waals surface area contributed by atoms with E-state index in [0.717, 1.165) is 5.56 Å². The van der Waals surface area contributed by atoms with E-state index in [1.54, 1.807) is 0 Å². The van der Waals surface area contributed by atoms with Gasteiger partial charge in [-0.2, -0.15) is 6.07 Å². The van der Waals surface area contributed by atoms with Crippen molar-refractivity contribution in [2.45, 2.75) is 13.5 Å². The molecule has 0 radical (unpaired) electrons. The summed E-state index contributed by atoms with van der Waals surface area (Å²) in [6.45, 7) is 2.46. The van der Waals surface area contributed by atoms with E-state index in [0.29, 0.717) is 12.4 Å². The summed E-state index contributed by atoms with van der Waals surface area (Å²) in [7, 11) is 0. The number of hydrogen-bond acceptors (Lipinski definition) is 1. The van der Waals surface area contributed by atoms with E-state index >= 15 is 0 Å². The Morgan fingerprint density at radius 1 is 1.28 bits per heavy atom. The molecule has 4 heteroatoms. The summed E-state index contributed by atoms with van der Waals surface area (Å²) in [5.74, 6) is 0.125. The van der Waals surface area contributed by atoms with Crippen molar-refractivity contribution in [3.05, 3.63) is 65.5 Å². The Labute approximate surface area is 123 Å². The Balaban J connectivity index is 0.000000771. The van der Waals surface area contributed by atoms with Crippen molar-refractivity contribution in [3.63, 3.8) is 0 Å². The Hall–Kier alpha value is -0.727. The average Bonchev–Trinajstić information content (AvgIpc) is 2.39. The third-order valence-corrected chi connectivity index (χ3v) is 2.21. The van der Waals surface area contributed by atoms with Crippen LogP contribution in [0.5, 0.6) is 5.75 Å². The van der Waals surface area contributed by atoms with Crippen molar-refractivity contribution in [3.8, 4) is 5.75 Å². The standard InChI is InChI=1S/C14H12FO.BrH.Zn/c1-11-4-2-5-12(8-11)10-16-14-7-3-6-13(15)9-14;;/h2-6,8-9H,10H2,1H3;1H;/q-1;;+2/p-1. The average molecular weight is 361 g/mol. The summed E-state index contributed by atoms with van der Waals surface area (Å²) < 4.78 is 18.3. The zero-order valence-electron chi connectivity index (χ0n) is 10.1. The SMILES string of the molecule is Cc1cccc(COc2[c-]ccc(F)c2)c1.[Zn+][Br]. The minimum atomic E-state index is -0.307. The third-order valence-electron chi connectivity index (χ3n) is 2.21. The van der Waals surface area contributed by atoms with Gasteiger partial charge in [-0.3, -0.25) is 0 Å². The molecular weight excluding hydrogens is 348 g/mol.